The summed E-state index contributed by atoms with van der Waals surface area (Å²) in [6.45, 7) is 6.01. The topological polar surface area (TPSA) is 55.2 Å². The van der Waals surface area contributed by atoms with Crippen LogP contribution in [-0.2, 0) is 17.4 Å². The first-order chi connectivity index (χ1) is 15.3. The Morgan fingerprint density at radius 3 is 2.50 bits per heavy atom. The quantitative estimate of drug-likeness (QED) is 0.496. The van der Waals surface area contributed by atoms with E-state index < -0.39 is 11.0 Å². The van der Waals surface area contributed by atoms with Crippen LogP contribution in [0.2, 0.25) is 0 Å². The summed E-state index contributed by atoms with van der Waals surface area (Å²) < 4.78 is 17.5. The molecule has 32 heavy (non-hydrogen) atoms. The summed E-state index contributed by atoms with van der Waals surface area (Å²) in [6, 6.07) is 8.57. The van der Waals surface area contributed by atoms with Gasteiger partial charge < -0.3 is 0 Å². The molecule has 4 nitrogen and oxygen atoms in total. The van der Waals surface area contributed by atoms with Crippen molar-refractivity contribution in [2.45, 2.75) is 81.4 Å². The van der Waals surface area contributed by atoms with E-state index in [0.29, 0.717) is 5.92 Å². The molecule has 0 amide bonds. The molecule has 0 bridgehead atoms. The molecule has 1 atom stereocenters. The molecule has 0 saturated heterocycles. The molecular formula is C26H33N3OS2. The van der Waals surface area contributed by atoms with Gasteiger partial charge in [-0.1, -0.05) is 24.3 Å². The normalized spacial score (nSPS) is 27.6. The number of fused-ring (bicyclic) bond motifs is 1. The number of benzene rings is 1. The Balaban J connectivity index is 1.32. The molecule has 1 spiro atoms. The number of rotatable bonds is 5. The highest BCUT2D eigenvalue weighted by molar-refractivity contribution is 7.99. The van der Waals surface area contributed by atoms with Crippen LogP contribution in [0.15, 0.2) is 46.1 Å². The molecule has 3 aliphatic carbocycles. The number of aromatic nitrogens is 2. The van der Waals surface area contributed by atoms with E-state index in [-0.39, 0.29) is 10.2 Å². The van der Waals surface area contributed by atoms with Gasteiger partial charge in [0.25, 0.3) is 0 Å². The first-order valence-corrected chi connectivity index (χ1v) is 14.0. The Labute approximate surface area is 198 Å². The Kier molecular flexibility index (Phi) is 6.04. The van der Waals surface area contributed by atoms with Crippen molar-refractivity contribution in [1.29, 1.82) is 0 Å². The SMILES string of the molecule is CC(C)(C)S(=O)N=C1c2ccccc2CC12CCC(c1cnc(SCC3CC3)cn1)CC2. The maximum Gasteiger partial charge on any atom is 0.145 e. The van der Waals surface area contributed by atoms with Crippen molar-refractivity contribution in [2.24, 2.45) is 15.7 Å². The minimum atomic E-state index is -1.25. The van der Waals surface area contributed by atoms with Crippen LogP contribution in [0.5, 0.6) is 0 Å². The Morgan fingerprint density at radius 1 is 1.09 bits per heavy atom. The van der Waals surface area contributed by atoms with Gasteiger partial charge in [0, 0.05) is 28.8 Å². The molecule has 2 fully saturated rings. The third kappa shape index (κ3) is 4.58. The first-order valence-electron chi connectivity index (χ1n) is 11.9. The summed E-state index contributed by atoms with van der Waals surface area (Å²) in [5.41, 5.74) is 4.78. The van der Waals surface area contributed by atoms with E-state index in [0.717, 1.165) is 54.5 Å². The lowest BCUT2D eigenvalue weighted by Crippen LogP contribution is -2.34. The van der Waals surface area contributed by atoms with Crippen molar-refractivity contribution >= 4 is 28.5 Å². The maximum absolute atomic E-state index is 13.0. The second kappa shape index (κ2) is 8.68. The van der Waals surface area contributed by atoms with E-state index >= 15 is 0 Å². The van der Waals surface area contributed by atoms with Crippen LogP contribution < -0.4 is 0 Å². The number of thioether (sulfide) groups is 1. The average Bonchev–Trinajstić information content (AvgIpc) is 3.57. The standard InChI is InChI=1S/C26H33N3OS2/c1-25(2,3)32(30)29-24-21-7-5-4-6-20(21)14-26(24)12-10-19(11-13-26)22-15-28-23(16-27-22)31-17-18-8-9-18/h4-7,15-16,18-19H,8-14,17H2,1-3H3. The summed E-state index contributed by atoms with van der Waals surface area (Å²) in [4.78, 5) is 9.49. The molecule has 2 saturated carbocycles. The van der Waals surface area contributed by atoms with Gasteiger partial charge in [-0.25, -0.2) is 9.19 Å². The van der Waals surface area contributed by atoms with Crippen molar-refractivity contribution in [3.05, 3.63) is 53.5 Å². The van der Waals surface area contributed by atoms with Crippen molar-refractivity contribution in [3.63, 3.8) is 0 Å². The van der Waals surface area contributed by atoms with Gasteiger partial charge in [0.15, 0.2) is 0 Å². The average molecular weight is 468 g/mol. The summed E-state index contributed by atoms with van der Waals surface area (Å²) in [6.07, 6.45) is 12.0. The molecular weight excluding hydrogens is 434 g/mol. The van der Waals surface area contributed by atoms with Gasteiger partial charge in [-0.15, -0.1) is 11.8 Å². The van der Waals surface area contributed by atoms with Gasteiger partial charge in [0.1, 0.15) is 16.0 Å². The zero-order valence-electron chi connectivity index (χ0n) is 19.3. The minimum Gasteiger partial charge on any atom is -0.257 e. The summed E-state index contributed by atoms with van der Waals surface area (Å²) in [5.74, 6) is 2.53. The summed E-state index contributed by atoms with van der Waals surface area (Å²) in [5, 5.41) is 1.05. The third-order valence-corrected chi connectivity index (χ3v) is 9.72. The van der Waals surface area contributed by atoms with Gasteiger partial charge in [0.2, 0.25) is 0 Å². The van der Waals surface area contributed by atoms with Crippen LogP contribution in [0.1, 0.15) is 82.0 Å². The molecule has 3 aliphatic rings. The monoisotopic (exact) mass is 467 g/mol. The van der Waals surface area contributed by atoms with Crippen molar-refractivity contribution in [1.82, 2.24) is 9.97 Å². The fraction of sp³-hybridized carbons (Fsp3) is 0.577. The van der Waals surface area contributed by atoms with Gasteiger partial charge in [-0.05, 0) is 77.2 Å². The highest BCUT2D eigenvalue weighted by Crippen LogP contribution is 2.51. The molecule has 0 N–H and O–H groups in total. The zero-order chi connectivity index (χ0) is 22.3. The van der Waals surface area contributed by atoms with E-state index in [9.17, 15) is 4.21 Å². The molecule has 1 unspecified atom stereocenters. The number of hydrogen-bond donors (Lipinski definition) is 0. The van der Waals surface area contributed by atoms with E-state index in [4.69, 9.17) is 14.4 Å². The Hall–Kier alpha value is -1.53. The smallest absolute Gasteiger partial charge is 0.145 e. The lowest BCUT2D eigenvalue weighted by Gasteiger charge is -2.37. The minimum absolute atomic E-state index is 0.00851. The zero-order valence-corrected chi connectivity index (χ0v) is 21.0. The second-order valence-electron chi connectivity index (χ2n) is 10.7. The van der Waals surface area contributed by atoms with Crippen molar-refractivity contribution < 1.29 is 4.21 Å². The predicted molar refractivity (Wildman–Crippen MR) is 134 cm³/mol. The maximum atomic E-state index is 13.0. The van der Waals surface area contributed by atoms with E-state index in [2.05, 4.69) is 24.3 Å². The Bertz CT molecular complexity index is 1030. The highest BCUT2D eigenvalue weighted by atomic mass is 32.2. The molecule has 1 aromatic heterocycles. The van der Waals surface area contributed by atoms with Gasteiger partial charge >= 0.3 is 0 Å². The molecule has 1 heterocycles. The van der Waals surface area contributed by atoms with Crippen molar-refractivity contribution in [2.75, 3.05) is 5.75 Å². The van der Waals surface area contributed by atoms with Gasteiger partial charge in [0.05, 0.1) is 22.3 Å². The molecule has 0 aliphatic heterocycles. The number of hydrogen-bond acceptors (Lipinski definition) is 4. The lowest BCUT2D eigenvalue weighted by atomic mass is 9.67. The fourth-order valence-corrected chi connectivity index (χ4v) is 6.71. The molecule has 2 aromatic rings. The van der Waals surface area contributed by atoms with E-state index in [1.807, 2.05) is 44.9 Å². The molecule has 170 valence electrons. The molecule has 1 aromatic carbocycles. The van der Waals surface area contributed by atoms with Crippen molar-refractivity contribution in [3.8, 4) is 0 Å². The highest BCUT2D eigenvalue weighted by Gasteiger charge is 2.46. The fourth-order valence-electron chi connectivity index (χ4n) is 4.98. The van der Waals surface area contributed by atoms with Crippen LogP contribution in [0.25, 0.3) is 0 Å². The van der Waals surface area contributed by atoms with Crippen LogP contribution in [0.4, 0.5) is 0 Å². The lowest BCUT2D eigenvalue weighted by molar-refractivity contribution is 0.264. The van der Waals surface area contributed by atoms with E-state index in [1.54, 1.807) is 0 Å². The predicted octanol–water partition coefficient (Wildman–Crippen LogP) is 6.13. The summed E-state index contributed by atoms with van der Waals surface area (Å²) in [7, 11) is -1.25. The van der Waals surface area contributed by atoms with E-state index in [1.165, 1.54) is 29.7 Å². The first kappa shape index (κ1) is 22.3. The van der Waals surface area contributed by atoms with Crippen LogP contribution >= 0.6 is 11.8 Å². The second-order valence-corrected chi connectivity index (χ2v) is 13.7. The number of nitrogens with zero attached hydrogens (tertiary/aromatic N) is 3. The Morgan fingerprint density at radius 2 is 1.84 bits per heavy atom. The van der Waals surface area contributed by atoms with Gasteiger partial charge in [-0.3, -0.25) is 4.98 Å². The van der Waals surface area contributed by atoms with Crippen LogP contribution in [0, 0.1) is 11.3 Å². The molecule has 0 radical (unpaired) electrons. The van der Waals surface area contributed by atoms with Crippen LogP contribution in [-0.4, -0.2) is 30.4 Å². The largest absolute Gasteiger partial charge is 0.257 e. The summed E-state index contributed by atoms with van der Waals surface area (Å²) >= 11 is 1.84. The van der Waals surface area contributed by atoms with Crippen LogP contribution in [0.3, 0.4) is 0 Å². The molecule has 6 heteroatoms. The van der Waals surface area contributed by atoms with Gasteiger partial charge in [-0.2, -0.15) is 4.40 Å². The molecule has 5 rings (SSSR count). The third-order valence-electron chi connectivity index (χ3n) is 7.17.